The summed E-state index contributed by atoms with van der Waals surface area (Å²) in [6.07, 6.45) is 7.48. The summed E-state index contributed by atoms with van der Waals surface area (Å²) in [6, 6.07) is 0. The third kappa shape index (κ3) is 5.21. The molecule has 1 nitrogen and oxygen atoms in total. The van der Waals surface area contributed by atoms with Gasteiger partial charge in [0.2, 0.25) is 0 Å². The first-order valence-electron chi connectivity index (χ1n) is 5.70. The van der Waals surface area contributed by atoms with Gasteiger partial charge in [0.1, 0.15) is 0 Å². The van der Waals surface area contributed by atoms with Gasteiger partial charge in [0, 0.05) is 5.92 Å². The third-order valence-electron chi connectivity index (χ3n) is 3.30. The van der Waals surface area contributed by atoms with Crippen LogP contribution in [0, 0.1) is 5.92 Å². The highest BCUT2D eigenvalue weighted by Crippen LogP contribution is 2.21. The van der Waals surface area contributed by atoms with Crippen molar-refractivity contribution in [2.45, 2.75) is 46.0 Å². The van der Waals surface area contributed by atoms with Crippen molar-refractivity contribution in [1.82, 2.24) is 0 Å². The fraction of sp³-hybridized carbons (Fsp3) is 1.00. The van der Waals surface area contributed by atoms with E-state index in [1.165, 1.54) is 51.7 Å². The van der Waals surface area contributed by atoms with Crippen LogP contribution in [0.5, 0.6) is 0 Å². The molecule has 1 rings (SSSR count). The normalized spacial score (nSPS) is 18.7. The zero-order chi connectivity index (χ0) is 8.81. The van der Waals surface area contributed by atoms with Crippen LogP contribution in [0.15, 0.2) is 0 Å². The van der Waals surface area contributed by atoms with Crippen molar-refractivity contribution in [3.63, 3.8) is 0 Å². The molecule has 1 N–H and O–H groups in total. The van der Waals surface area contributed by atoms with Crippen molar-refractivity contribution in [3.8, 4) is 0 Å². The smallest absolute Gasteiger partial charge is 0.0799 e. The van der Waals surface area contributed by atoms with Gasteiger partial charge >= 0.3 is 0 Å². The number of rotatable bonds is 4. The van der Waals surface area contributed by atoms with Gasteiger partial charge in [-0.25, -0.2) is 0 Å². The van der Waals surface area contributed by atoms with Gasteiger partial charge in [-0.05, 0) is 26.7 Å². The van der Waals surface area contributed by atoms with E-state index in [-0.39, 0.29) is 24.0 Å². The van der Waals surface area contributed by atoms with Crippen molar-refractivity contribution >= 4 is 0 Å². The topological polar surface area (TPSA) is 4.44 Å². The molecule has 0 aliphatic heterocycles. The molecule has 0 bridgehead atoms. The maximum Gasteiger partial charge on any atom is 0.0799 e. The van der Waals surface area contributed by atoms with Crippen LogP contribution in [0.4, 0.5) is 0 Å². The van der Waals surface area contributed by atoms with Crippen molar-refractivity contribution in [2.75, 3.05) is 19.6 Å². The van der Waals surface area contributed by atoms with E-state index >= 15 is 0 Å². The highest BCUT2D eigenvalue weighted by molar-refractivity contribution is 4.64. The Kier molecular flexibility index (Phi) is 8.46. The summed E-state index contributed by atoms with van der Waals surface area (Å²) in [6.45, 7) is 8.68. The molecule has 13 heavy (non-hydrogen) atoms. The second-order valence-corrected chi connectivity index (χ2v) is 4.17. The zero-order valence-electron chi connectivity index (χ0n) is 9.11. The summed E-state index contributed by atoms with van der Waals surface area (Å²) < 4.78 is 0. The lowest BCUT2D eigenvalue weighted by Crippen LogP contribution is -3.12. The predicted molar refractivity (Wildman–Crippen MR) is 53.5 cm³/mol. The summed E-state index contributed by atoms with van der Waals surface area (Å²) >= 11 is 0. The van der Waals surface area contributed by atoms with Crippen LogP contribution in [-0.2, 0) is 0 Å². The SMILES string of the molecule is CC[NH+](CC)CC1CCCCC1.[I-]. The van der Waals surface area contributed by atoms with Crippen LogP contribution < -0.4 is 28.9 Å². The largest absolute Gasteiger partial charge is 1.00 e. The van der Waals surface area contributed by atoms with Crippen LogP contribution in [0.2, 0.25) is 0 Å². The lowest BCUT2D eigenvalue weighted by Gasteiger charge is -2.25. The van der Waals surface area contributed by atoms with E-state index in [2.05, 4.69) is 13.8 Å². The average molecular weight is 297 g/mol. The molecule has 1 aliphatic rings. The summed E-state index contributed by atoms with van der Waals surface area (Å²) in [5.41, 5.74) is 0. The maximum absolute atomic E-state index is 2.31. The number of hydrogen-bond donors (Lipinski definition) is 1. The number of halogens is 1. The van der Waals surface area contributed by atoms with Gasteiger partial charge in [0.05, 0.1) is 19.6 Å². The Hall–Kier alpha value is 0.690. The second-order valence-electron chi connectivity index (χ2n) is 4.17. The van der Waals surface area contributed by atoms with Gasteiger partial charge in [0.15, 0.2) is 0 Å². The third-order valence-corrected chi connectivity index (χ3v) is 3.30. The van der Waals surface area contributed by atoms with Crippen molar-refractivity contribution in [2.24, 2.45) is 5.92 Å². The number of nitrogens with one attached hydrogen (secondary N) is 1. The molecule has 2 heteroatoms. The predicted octanol–water partition coefficient (Wildman–Crippen LogP) is -1.50. The molecule has 0 heterocycles. The fourth-order valence-corrected chi connectivity index (χ4v) is 2.34. The monoisotopic (exact) mass is 297 g/mol. The minimum absolute atomic E-state index is 0. The van der Waals surface area contributed by atoms with Crippen LogP contribution in [0.25, 0.3) is 0 Å². The van der Waals surface area contributed by atoms with E-state index in [0.29, 0.717) is 0 Å². The van der Waals surface area contributed by atoms with E-state index in [4.69, 9.17) is 0 Å². The first kappa shape index (κ1) is 13.7. The molecule has 0 amide bonds. The highest BCUT2D eigenvalue weighted by Gasteiger charge is 2.17. The summed E-state index contributed by atoms with van der Waals surface area (Å²) in [7, 11) is 0. The number of hydrogen-bond acceptors (Lipinski definition) is 0. The van der Waals surface area contributed by atoms with Gasteiger partial charge in [-0.1, -0.05) is 19.3 Å². The summed E-state index contributed by atoms with van der Waals surface area (Å²) in [4.78, 5) is 1.79. The molecule has 80 valence electrons. The first-order valence-corrected chi connectivity index (χ1v) is 5.70. The molecule has 1 saturated carbocycles. The highest BCUT2D eigenvalue weighted by atomic mass is 127. The summed E-state index contributed by atoms with van der Waals surface area (Å²) in [5, 5.41) is 0. The van der Waals surface area contributed by atoms with E-state index in [0.717, 1.165) is 5.92 Å². The van der Waals surface area contributed by atoms with Gasteiger partial charge in [-0.15, -0.1) is 0 Å². The summed E-state index contributed by atoms with van der Waals surface area (Å²) in [5.74, 6) is 1.05. The molecule has 0 saturated heterocycles. The van der Waals surface area contributed by atoms with Gasteiger partial charge in [-0.2, -0.15) is 0 Å². The van der Waals surface area contributed by atoms with E-state index in [9.17, 15) is 0 Å². The standard InChI is InChI=1S/C11H23N.HI/c1-3-12(4-2)10-11-8-6-5-7-9-11;/h11H,3-10H2,1-2H3;1H. The van der Waals surface area contributed by atoms with Gasteiger partial charge < -0.3 is 28.9 Å². The number of quaternary nitrogens is 1. The molecule has 0 spiro atoms. The van der Waals surface area contributed by atoms with Crippen LogP contribution in [-0.4, -0.2) is 19.6 Å². The molecule has 1 fully saturated rings. The molecule has 0 radical (unpaired) electrons. The van der Waals surface area contributed by atoms with E-state index in [1.807, 2.05) is 0 Å². The van der Waals surface area contributed by atoms with E-state index in [1.54, 1.807) is 4.90 Å². The minimum Gasteiger partial charge on any atom is -1.00 e. The van der Waals surface area contributed by atoms with Crippen LogP contribution in [0.3, 0.4) is 0 Å². The molecule has 0 aromatic carbocycles. The molecular weight excluding hydrogens is 273 g/mol. The first-order chi connectivity index (χ1) is 5.86. The molecule has 1 aliphatic carbocycles. The van der Waals surface area contributed by atoms with E-state index < -0.39 is 0 Å². The lowest BCUT2D eigenvalue weighted by atomic mass is 9.89. The molecule has 0 aromatic rings. The average Bonchev–Trinajstić information content (AvgIpc) is 2.16. The molecule has 0 atom stereocenters. The van der Waals surface area contributed by atoms with Crippen molar-refractivity contribution in [1.29, 1.82) is 0 Å². The van der Waals surface area contributed by atoms with Gasteiger partial charge in [0.25, 0.3) is 0 Å². The van der Waals surface area contributed by atoms with Crippen molar-refractivity contribution in [3.05, 3.63) is 0 Å². The molecule has 0 aromatic heterocycles. The zero-order valence-corrected chi connectivity index (χ0v) is 11.3. The molecular formula is C11H24IN. The quantitative estimate of drug-likeness (QED) is 0.602. The maximum atomic E-state index is 2.31. The lowest BCUT2D eigenvalue weighted by molar-refractivity contribution is -0.900. The Morgan fingerprint density at radius 2 is 1.54 bits per heavy atom. The Balaban J connectivity index is 0.00000144. The minimum atomic E-state index is 0. The van der Waals surface area contributed by atoms with Crippen LogP contribution in [0.1, 0.15) is 46.0 Å². The Morgan fingerprint density at radius 1 is 1.00 bits per heavy atom. The fourth-order valence-electron chi connectivity index (χ4n) is 2.34. The van der Waals surface area contributed by atoms with Gasteiger partial charge in [-0.3, -0.25) is 0 Å². The Morgan fingerprint density at radius 3 is 2.00 bits per heavy atom. The van der Waals surface area contributed by atoms with Crippen molar-refractivity contribution < 1.29 is 28.9 Å². The van der Waals surface area contributed by atoms with Crippen LogP contribution >= 0.6 is 0 Å². The molecule has 0 unspecified atom stereocenters. The second kappa shape index (κ2) is 8.04. The Bertz CT molecular complexity index is 107. The Labute approximate surface area is 100 Å².